The maximum Gasteiger partial charge on any atom is 0.397 e. The number of hydrogen-bond donors (Lipinski definition) is 0. The molecule has 0 radical (unpaired) electrons. The van der Waals surface area contributed by atoms with Crippen molar-refractivity contribution in [3.8, 4) is 0 Å². The molecule has 3 heterocycles. The molecule has 11 heteroatoms. The van der Waals surface area contributed by atoms with Gasteiger partial charge in [0, 0.05) is 25.6 Å². The summed E-state index contributed by atoms with van der Waals surface area (Å²) >= 11 is 0. The third-order valence-corrected chi connectivity index (χ3v) is 4.51. The molecule has 0 unspecified atom stereocenters. The molecule has 142 valence electrons. The fourth-order valence-electron chi connectivity index (χ4n) is 3.24. The molecule has 3 rings (SSSR count). The lowest BCUT2D eigenvalue weighted by Gasteiger charge is -2.32. The highest BCUT2D eigenvalue weighted by Crippen LogP contribution is 2.29. The maximum absolute atomic E-state index is 12.4. The number of carbonyl (C=O) groups excluding carboxylic acids is 1. The van der Waals surface area contributed by atoms with Crippen LogP contribution in [0.2, 0.25) is 0 Å². The molecule has 2 aromatic heterocycles. The van der Waals surface area contributed by atoms with Crippen molar-refractivity contribution < 1.29 is 18.0 Å². The Hall–Kier alpha value is -2.46. The topological polar surface area (TPSA) is 81.7 Å². The van der Waals surface area contributed by atoms with Crippen molar-refractivity contribution in [1.82, 2.24) is 34.4 Å². The molecule has 0 N–H and O–H groups in total. The van der Waals surface area contributed by atoms with Gasteiger partial charge in [-0.2, -0.15) is 18.3 Å². The van der Waals surface area contributed by atoms with Crippen molar-refractivity contribution in [2.24, 2.45) is 0 Å². The average Bonchev–Trinajstić information content (AvgIpc) is 3.23. The zero-order valence-electron chi connectivity index (χ0n) is 14.4. The van der Waals surface area contributed by atoms with Gasteiger partial charge in [0.1, 0.15) is 31.4 Å². The number of carbonyl (C=O) groups is 1. The first-order chi connectivity index (χ1) is 12.4. The van der Waals surface area contributed by atoms with E-state index < -0.39 is 18.5 Å². The van der Waals surface area contributed by atoms with Gasteiger partial charge in [-0.05, 0) is 19.8 Å². The second kappa shape index (κ2) is 7.42. The minimum absolute atomic E-state index is 0.0712. The van der Waals surface area contributed by atoms with Crippen LogP contribution in [0.25, 0.3) is 0 Å². The third kappa shape index (κ3) is 4.20. The van der Waals surface area contributed by atoms with Crippen LogP contribution in [0.5, 0.6) is 0 Å². The van der Waals surface area contributed by atoms with Crippen LogP contribution in [0.15, 0.2) is 12.7 Å². The van der Waals surface area contributed by atoms with Crippen molar-refractivity contribution in [2.75, 3.05) is 13.1 Å². The second-order valence-electron chi connectivity index (χ2n) is 6.26. The van der Waals surface area contributed by atoms with E-state index in [2.05, 4.69) is 20.3 Å². The van der Waals surface area contributed by atoms with Crippen LogP contribution in [-0.4, -0.2) is 59.6 Å². The molecule has 1 aliphatic heterocycles. The molecule has 1 amide bonds. The van der Waals surface area contributed by atoms with Crippen LogP contribution in [0.3, 0.4) is 0 Å². The first-order valence-electron chi connectivity index (χ1n) is 8.46. The lowest BCUT2D eigenvalue weighted by atomic mass is 9.95. The normalized spacial score (nSPS) is 16.2. The Labute approximate surface area is 148 Å². The number of rotatable bonds is 5. The van der Waals surface area contributed by atoms with E-state index in [1.54, 1.807) is 11.0 Å². The van der Waals surface area contributed by atoms with Crippen molar-refractivity contribution in [3.63, 3.8) is 0 Å². The molecule has 0 aromatic carbocycles. The number of nitrogens with zero attached hydrogens (tertiary/aromatic N) is 7. The molecule has 0 atom stereocenters. The van der Waals surface area contributed by atoms with Gasteiger partial charge >= 0.3 is 6.18 Å². The first-order valence-corrected chi connectivity index (χ1v) is 8.46. The Morgan fingerprint density at radius 1 is 1.27 bits per heavy atom. The van der Waals surface area contributed by atoms with Crippen molar-refractivity contribution >= 4 is 5.91 Å². The Bertz CT molecular complexity index is 733. The molecule has 1 saturated heterocycles. The van der Waals surface area contributed by atoms with Gasteiger partial charge in [0.25, 0.3) is 0 Å². The predicted molar refractivity (Wildman–Crippen MR) is 84.0 cm³/mol. The van der Waals surface area contributed by atoms with Crippen LogP contribution >= 0.6 is 0 Å². The summed E-state index contributed by atoms with van der Waals surface area (Å²) in [4.78, 5) is 16.9. The highest BCUT2D eigenvalue weighted by Gasteiger charge is 2.35. The highest BCUT2D eigenvalue weighted by molar-refractivity contribution is 5.76. The Kier molecular flexibility index (Phi) is 5.23. The smallest absolute Gasteiger partial charge is 0.342 e. The number of halogens is 3. The van der Waals surface area contributed by atoms with Gasteiger partial charge < -0.3 is 9.47 Å². The average molecular weight is 371 g/mol. The van der Waals surface area contributed by atoms with E-state index >= 15 is 0 Å². The molecule has 0 saturated carbocycles. The van der Waals surface area contributed by atoms with E-state index in [0.29, 0.717) is 39.0 Å². The summed E-state index contributed by atoms with van der Waals surface area (Å²) in [6.07, 6.45) is -1.67. The predicted octanol–water partition coefficient (Wildman–Crippen LogP) is 1.60. The van der Waals surface area contributed by atoms with Gasteiger partial charge in [-0.25, -0.2) is 9.67 Å². The standard InChI is InChI=1S/C15H20F3N7O/c1-2-25-12(8-24-10-19-9-20-24)21-22-14(25)11-3-5-23(6-4-11)13(26)7-15(16,17)18/h9-11H,2-8H2,1H3. The van der Waals surface area contributed by atoms with Crippen LogP contribution < -0.4 is 0 Å². The molecule has 26 heavy (non-hydrogen) atoms. The van der Waals surface area contributed by atoms with Crippen molar-refractivity contribution in [3.05, 3.63) is 24.3 Å². The van der Waals surface area contributed by atoms with Gasteiger partial charge in [-0.15, -0.1) is 10.2 Å². The van der Waals surface area contributed by atoms with Crippen molar-refractivity contribution in [2.45, 2.75) is 51.4 Å². The largest absolute Gasteiger partial charge is 0.397 e. The summed E-state index contributed by atoms with van der Waals surface area (Å²) in [6, 6.07) is 0. The number of piperidine rings is 1. The highest BCUT2D eigenvalue weighted by atomic mass is 19.4. The number of amides is 1. The number of aromatic nitrogens is 6. The van der Waals surface area contributed by atoms with E-state index in [1.807, 2.05) is 11.5 Å². The molecule has 2 aromatic rings. The summed E-state index contributed by atoms with van der Waals surface area (Å²) in [7, 11) is 0. The van der Waals surface area contributed by atoms with E-state index in [4.69, 9.17) is 0 Å². The van der Waals surface area contributed by atoms with E-state index in [9.17, 15) is 18.0 Å². The number of likely N-dealkylation sites (tertiary alicyclic amines) is 1. The van der Waals surface area contributed by atoms with Crippen LogP contribution in [-0.2, 0) is 17.9 Å². The fourth-order valence-corrected chi connectivity index (χ4v) is 3.24. The Morgan fingerprint density at radius 2 is 2.00 bits per heavy atom. The van der Waals surface area contributed by atoms with E-state index in [1.165, 1.54) is 11.2 Å². The zero-order valence-corrected chi connectivity index (χ0v) is 14.4. The minimum Gasteiger partial charge on any atom is -0.342 e. The van der Waals surface area contributed by atoms with Crippen molar-refractivity contribution in [1.29, 1.82) is 0 Å². The minimum atomic E-state index is -4.47. The SMILES string of the molecule is CCn1c(Cn2cncn2)nnc1C1CCN(C(=O)CC(F)(F)F)CC1. The molecule has 1 aliphatic rings. The lowest BCUT2D eigenvalue weighted by molar-refractivity contribution is -0.162. The second-order valence-corrected chi connectivity index (χ2v) is 6.26. The van der Waals surface area contributed by atoms with Gasteiger partial charge in [0.2, 0.25) is 5.91 Å². The third-order valence-electron chi connectivity index (χ3n) is 4.51. The molecular formula is C15H20F3N7O. The number of hydrogen-bond acceptors (Lipinski definition) is 5. The summed E-state index contributed by atoms with van der Waals surface area (Å²) in [5.41, 5.74) is 0. The first kappa shape index (κ1) is 18.3. The fraction of sp³-hybridized carbons (Fsp3) is 0.667. The molecule has 0 bridgehead atoms. The van der Waals surface area contributed by atoms with Gasteiger partial charge in [0.15, 0.2) is 5.82 Å². The monoisotopic (exact) mass is 371 g/mol. The summed E-state index contributed by atoms with van der Waals surface area (Å²) in [5.74, 6) is 0.774. The summed E-state index contributed by atoms with van der Waals surface area (Å²) < 4.78 is 40.8. The molecule has 8 nitrogen and oxygen atoms in total. The molecule has 0 spiro atoms. The molecule has 0 aliphatic carbocycles. The molecular weight excluding hydrogens is 351 g/mol. The summed E-state index contributed by atoms with van der Waals surface area (Å²) in [5, 5.41) is 12.6. The van der Waals surface area contributed by atoms with Crippen LogP contribution in [0.4, 0.5) is 13.2 Å². The van der Waals surface area contributed by atoms with Crippen LogP contribution in [0, 0.1) is 0 Å². The van der Waals surface area contributed by atoms with Crippen LogP contribution in [0.1, 0.15) is 43.8 Å². The van der Waals surface area contributed by atoms with E-state index in [0.717, 1.165) is 11.6 Å². The number of alkyl halides is 3. The van der Waals surface area contributed by atoms with Gasteiger partial charge in [-0.1, -0.05) is 0 Å². The Balaban J connectivity index is 1.64. The lowest BCUT2D eigenvalue weighted by Crippen LogP contribution is -2.40. The summed E-state index contributed by atoms with van der Waals surface area (Å²) in [6.45, 7) is 3.71. The van der Waals surface area contributed by atoms with E-state index in [-0.39, 0.29) is 5.92 Å². The molecule has 1 fully saturated rings. The Morgan fingerprint density at radius 3 is 2.58 bits per heavy atom. The zero-order chi connectivity index (χ0) is 18.7. The van der Waals surface area contributed by atoms with Gasteiger partial charge in [-0.3, -0.25) is 4.79 Å². The quantitative estimate of drug-likeness (QED) is 0.797. The maximum atomic E-state index is 12.4. The van der Waals surface area contributed by atoms with Gasteiger partial charge in [0.05, 0.1) is 0 Å².